The molecule has 146 valence electrons. The number of carbonyl (C=O) groups excluding carboxylic acids is 3. The summed E-state index contributed by atoms with van der Waals surface area (Å²) in [4.78, 5) is 39.8. The molecule has 28 heavy (non-hydrogen) atoms. The van der Waals surface area contributed by atoms with Crippen LogP contribution >= 0.6 is 34.8 Å². The van der Waals surface area contributed by atoms with Crippen LogP contribution in [0.5, 0.6) is 0 Å². The van der Waals surface area contributed by atoms with Gasteiger partial charge in [0.1, 0.15) is 6.04 Å². The Morgan fingerprint density at radius 1 is 1.00 bits per heavy atom. The molecule has 0 unspecified atom stereocenters. The van der Waals surface area contributed by atoms with E-state index in [1.54, 1.807) is 24.3 Å². The van der Waals surface area contributed by atoms with Gasteiger partial charge in [0, 0.05) is 10.7 Å². The van der Waals surface area contributed by atoms with E-state index < -0.39 is 23.8 Å². The van der Waals surface area contributed by atoms with Gasteiger partial charge in [0.2, 0.25) is 5.91 Å². The number of imide groups is 1. The van der Waals surface area contributed by atoms with Crippen LogP contribution in [0.25, 0.3) is 0 Å². The van der Waals surface area contributed by atoms with Gasteiger partial charge in [-0.25, -0.2) is 0 Å². The highest BCUT2D eigenvalue weighted by atomic mass is 35.5. The third kappa shape index (κ3) is 4.02. The number of fused-ring (bicyclic) bond motifs is 1. The van der Waals surface area contributed by atoms with E-state index in [9.17, 15) is 14.4 Å². The minimum Gasteiger partial charge on any atom is -0.324 e. The second-order valence-electron chi connectivity index (χ2n) is 6.94. The maximum atomic E-state index is 13.0. The maximum Gasteiger partial charge on any atom is 0.262 e. The topological polar surface area (TPSA) is 66.5 Å². The highest BCUT2D eigenvalue weighted by Crippen LogP contribution is 2.33. The summed E-state index contributed by atoms with van der Waals surface area (Å²) in [5, 5.41) is 3.54. The minimum atomic E-state index is -0.982. The maximum absolute atomic E-state index is 13.0. The lowest BCUT2D eigenvalue weighted by atomic mass is 10.0. The molecule has 2 aromatic carbocycles. The van der Waals surface area contributed by atoms with Crippen molar-refractivity contribution in [2.45, 2.75) is 26.3 Å². The summed E-state index contributed by atoms with van der Waals surface area (Å²) >= 11 is 18.0. The zero-order valence-electron chi connectivity index (χ0n) is 15.1. The normalized spacial score (nSPS) is 14.4. The summed E-state index contributed by atoms with van der Waals surface area (Å²) in [7, 11) is 0. The first-order chi connectivity index (χ1) is 13.2. The number of carbonyl (C=O) groups is 3. The van der Waals surface area contributed by atoms with E-state index in [4.69, 9.17) is 34.8 Å². The quantitative estimate of drug-likeness (QED) is 0.643. The molecule has 0 aromatic heterocycles. The molecule has 1 aliphatic heterocycles. The SMILES string of the molecule is CC(C)C[C@@H](C(=O)Nc1cccc(Cl)c1)N1C(=O)c2cc(Cl)c(Cl)cc2C1=O. The van der Waals surface area contributed by atoms with Crippen LogP contribution in [-0.2, 0) is 4.79 Å². The van der Waals surface area contributed by atoms with Crippen molar-refractivity contribution in [3.05, 3.63) is 62.6 Å². The summed E-state index contributed by atoms with van der Waals surface area (Å²) in [6.45, 7) is 3.82. The van der Waals surface area contributed by atoms with Gasteiger partial charge in [-0.2, -0.15) is 0 Å². The molecule has 8 heteroatoms. The Hall–Kier alpha value is -2.08. The van der Waals surface area contributed by atoms with Crippen molar-refractivity contribution in [2.24, 2.45) is 5.92 Å². The van der Waals surface area contributed by atoms with Gasteiger partial charge >= 0.3 is 0 Å². The Bertz CT molecular complexity index is 934. The number of nitrogens with zero attached hydrogens (tertiary/aromatic N) is 1. The van der Waals surface area contributed by atoms with Crippen LogP contribution in [0.2, 0.25) is 15.1 Å². The van der Waals surface area contributed by atoms with Crippen molar-refractivity contribution in [1.29, 1.82) is 0 Å². The fourth-order valence-electron chi connectivity index (χ4n) is 3.10. The standard InChI is InChI=1S/C20H17Cl3N2O3/c1-10(2)6-17(18(26)24-12-5-3-4-11(21)7-12)25-19(27)13-8-15(22)16(23)9-14(13)20(25)28/h3-5,7-10,17H,6H2,1-2H3,(H,24,26)/t17-/m0/s1. The molecule has 3 amide bonds. The summed E-state index contributed by atoms with van der Waals surface area (Å²) in [6, 6.07) is 8.39. The molecule has 2 aromatic rings. The van der Waals surface area contributed by atoms with Crippen molar-refractivity contribution < 1.29 is 14.4 Å². The first-order valence-electron chi connectivity index (χ1n) is 8.62. The highest BCUT2D eigenvalue weighted by molar-refractivity contribution is 6.43. The average Bonchev–Trinajstić information content (AvgIpc) is 2.84. The molecular weight excluding hydrogens is 423 g/mol. The third-order valence-electron chi connectivity index (χ3n) is 4.36. The van der Waals surface area contributed by atoms with E-state index in [2.05, 4.69) is 5.32 Å². The van der Waals surface area contributed by atoms with Crippen LogP contribution in [0.3, 0.4) is 0 Å². The lowest BCUT2D eigenvalue weighted by molar-refractivity contribution is -0.120. The molecule has 5 nitrogen and oxygen atoms in total. The molecule has 0 radical (unpaired) electrons. The predicted molar refractivity (Wildman–Crippen MR) is 110 cm³/mol. The van der Waals surface area contributed by atoms with Crippen molar-refractivity contribution in [3.8, 4) is 0 Å². The van der Waals surface area contributed by atoms with Gasteiger partial charge in [-0.15, -0.1) is 0 Å². The van der Waals surface area contributed by atoms with Crippen LogP contribution in [0, 0.1) is 5.92 Å². The lowest BCUT2D eigenvalue weighted by Crippen LogP contribution is -2.47. The largest absolute Gasteiger partial charge is 0.324 e. The number of anilines is 1. The van der Waals surface area contributed by atoms with Gasteiger partial charge < -0.3 is 5.32 Å². The van der Waals surface area contributed by atoms with E-state index in [0.29, 0.717) is 17.1 Å². The number of nitrogens with one attached hydrogen (secondary N) is 1. The molecule has 1 heterocycles. The van der Waals surface area contributed by atoms with Gasteiger partial charge in [-0.05, 0) is 42.7 Å². The van der Waals surface area contributed by atoms with Crippen molar-refractivity contribution in [3.63, 3.8) is 0 Å². The van der Waals surface area contributed by atoms with Crippen molar-refractivity contribution >= 4 is 58.2 Å². The van der Waals surface area contributed by atoms with Crippen LogP contribution in [0.15, 0.2) is 36.4 Å². The first kappa shape index (κ1) is 20.6. The number of benzene rings is 2. The van der Waals surface area contributed by atoms with Crippen LogP contribution in [0.1, 0.15) is 41.0 Å². The first-order valence-corrected chi connectivity index (χ1v) is 9.75. The van der Waals surface area contributed by atoms with Crippen LogP contribution in [0.4, 0.5) is 5.69 Å². The smallest absolute Gasteiger partial charge is 0.262 e. The monoisotopic (exact) mass is 438 g/mol. The second-order valence-corrected chi connectivity index (χ2v) is 8.19. The molecule has 0 saturated heterocycles. The number of amides is 3. The Morgan fingerprint density at radius 3 is 2.07 bits per heavy atom. The Kier molecular flexibility index (Phi) is 5.98. The molecule has 0 fully saturated rings. The van der Waals surface area contributed by atoms with E-state index in [1.807, 2.05) is 13.8 Å². The molecule has 0 saturated carbocycles. The van der Waals surface area contributed by atoms with Crippen molar-refractivity contribution in [2.75, 3.05) is 5.32 Å². The molecule has 1 atom stereocenters. The van der Waals surface area contributed by atoms with Crippen LogP contribution in [-0.4, -0.2) is 28.7 Å². The van der Waals surface area contributed by atoms with Crippen LogP contribution < -0.4 is 5.32 Å². The van der Waals surface area contributed by atoms with Crippen molar-refractivity contribution in [1.82, 2.24) is 4.90 Å². The Balaban J connectivity index is 1.94. The van der Waals surface area contributed by atoms with Gasteiger partial charge in [0.15, 0.2) is 0 Å². The highest BCUT2D eigenvalue weighted by Gasteiger charge is 2.43. The number of halogens is 3. The zero-order chi connectivity index (χ0) is 20.6. The van der Waals surface area contributed by atoms with E-state index in [1.165, 1.54) is 12.1 Å². The molecule has 1 N–H and O–H groups in total. The van der Waals surface area contributed by atoms with E-state index in [-0.39, 0.29) is 27.1 Å². The minimum absolute atomic E-state index is 0.0617. The molecule has 3 rings (SSSR count). The summed E-state index contributed by atoms with van der Waals surface area (Å²) in [6.07, 6.45) is 0.305. The molecular formula is C20H17Cl3N2O3. The molecule has 1 aliphatic rings. The van der Waals surface area contributed by atoms with Gasteiger partial charge in [-0.1, -0.05) is 54.7 Å². The molecule has 0 aliphatic carbocycles. The van der Waals surface area contributed by atoms with Gasteiger partial charge in [-0.3, -0.25) is 19.3 Å². The second kappa shape index (κ2) is 8.11. The average molecular weight is 440 g/mol. The lowest BCUT2D eigenvalue weighted by Gasteiger charge is -2.26. The zero-order valence-corrected chi connectivity index (χ0v) is 17.4. The molecule has 0 spiro atoms. The fourth-order valence-corrected chi connectivity index (χ4v) is 3.62. The van der Waals surface area contributed by atoms with Gasteiger partial charge in [0.05, 0.1) is 21.2 Å². The van der Waals surface area contributed by atoms with E-state index in [0.717, 1.165) is 4.90 Å². The molecule has 0 bridgehead atoms. The number of hydrogen-bond acceptors (Lipinski definition) is 3. The summed E-state index contributed by atoms with van der Waals surface area (Å²) in [5.41, 5.74) is 0.765. The Morgan fingerprint density at radius 2 is 1.57 bits per heavy atom. The summed E-state index contributed by atoms with van der Waals surface area (Å²) < 4.78 is 0. The summed E-state index contributed by atoms with van der Waals surface area (Å²) in [5.74, 6) is -1.54. The number of hydrogen-bond donors (Lipinski definition) is 1. The Labute approximate surface area is 177 Å². The third-order valence-corrected chi connectivity index (χ3v) is 5.32. The fraction of sp³-hybridized carbons (Fsp3) is 0.250. The number of rotatable bonds is 5. The van der Waals surface area contributed by atoms with Gasteiger partial charge in [0.25, 0.3) is 11.8 Å². The predicted octanol–water partition coefficient (Wildman–Crippen LogP) is 5.30. The van der Waals surface area contributed by atoms with E-state index >= 15 is 0 Å².